The molecule has 0 radical (unpaired) electrons. The molecule has 2 N–H and O–H groups in total. The molecule has 31 heavy (non-hydrogen) atoms. The first-order chi connectivity index (χ1) is 15.0. The normalized spacial score (nSPS) is 15.6. The third-order valence-electron chi connectivity index (χ3n) is 5.51. The van der Waals surface area contributed by atoms with Crippen LogP contribution in [0.4, 0.5) is 0 Å². The SMILES string of the molecule is O=C(NCc1ccc(Cl)cc1)[C@@H]1CCCN1C(=O)c1ccccc1-c1cccc(O)c1. The molecule has 1 fully saturated rings. The van der Waals surface area contributed by atoms with Gasteiger partial charge in [0, 0.05) is 23.7 Å². The summed E-state index contributed by atoms with van der Waals surface area (Å²) in [4.78, 5) is 27.9. The molecule has 0 saturated carbocycles. The second-order valence-corrected chi connectivity index (χ2v) is 8.03. The number of nitrogens with one attached hydrogen (secondary N) is 1. The van der Waals surface area contributed by atoms with Crippen LogP contribution in [-0.2, 0) is 11.3 Å². The maximum absolute atomic E-state index is 13.4. The minimum absolute atomic E-state index is 0.139. The summed E-state index contributed by atoms with van der Waals surface area (Å²) in [5, 5.41) is 13.4. The number of carbonyl (C=O) groups excluding carboxylic acids is 2. The van der Waals surface area contributed by atoms with Crippen LogP contribution in [0.3, 0.4) is 0 Å². The van der Waals surface area contributed by atoms with E-state index in [0.29, 0.717) is 30.1 Å². The van der Waals surface area contributed by atoms with Crippen LogP contribution in [0, 0.1) is 0 Å². The Morgan fingerprint density at radius 1 is 1.03 bits per heavy atom. The first kappa shape index (κ1) is 20.9. The van der Waals surface area contributed by atoms with Gasteiger partial charge in [-0.05, 0) is 59.9 Å². The number of benzene rings is 3. The highest BCUT2D eigenvalue weighted by Crippen LogP contribution is 2.29. The van der Waals surface area contributed by atoms with Crippen LogP contribution in [0.2, 0.25) is 5.02 Å². The summed E-state index contributed by atoms with van der Waals surface area (Å²) < 4.78 is 0. The predicted octanol–water partition coefficient (Wildman–Crippen LogP) is 4.63. The number of rotatable bonds is 5. The van der Waals surface area contributed by atoms with Crippen LogP contribution >= 0.6 is 11.6 Å². The number of phenolic OH excluding ortho intramolecular Hbond substituents is 1. The lowest BCUT2D eigenvalue weighted by Crippen LogP contribution is -2.45. The van der Waals surface area contributed by atoms with Gasteiger partial charge in [-0.1, -0.05) is 54.1 Å². The van der Waals surface area contributed by atoms with E-state index >= 15 is 0 Å². The van der Waals surface area contributed by atoms with Crippen molar-refractivity contribution in [2.75, 3.05) is 6.54 Å². The fourth-order valence-corrected chi connectivity index (χ4v) is 4.07. The molecule has 0 bridgehead atoms. The van der Waals surface area contributed by atoms with Crippen molar-refractivity contribution in [3.63, 3.8) is 0 Å². The highest BCUT2D eigenvalue weighted by Gasteiger charge is 2.35. The van der Waals surface area contributed by atoms with E-state index in [2.05, 4.69) is 5.32 Å². The quantitative estimate of drug-likeness (QED) is 0.615. The molecule has 4 rings (SSSR count). The average Bonchev–Trinajstić information content (AvgIpc) is 3.28. The number of likely N-dealkylation sites (tertiary alicyclic amines) is 1. The van der Waals surface area contributed by atoms with Gasteiger partial charge in [-0.15, -0.1) is 0 Å². The fraction of sp³-hybridized carbons (Fsp3) is 0.200. The van der Waals surface area contributed by atoms with Crippen LogP contribution < -0.4 is 5.32 Å². The molecule has 0 spiro atoms. The molecule has 6 heteroatoms. The summed E-state index contributed by atoms with van der Waals surface area (Å²) >= 11 is 5.91. The minimum Gasteiger partial charge on any atom is -0.508 e. The molecular weight excluding hydrogens is 412 g/mol. The Morgan fingerprint density at radius 3 is 2.58 bits per heavy atom. The Morgan fingerprint density at radius 2 is 1.81 bits per heavy atom. The van der Waals surface area contributed by atoms with Crippen molar-refractivity contribution in [1.29, 1.82) is 0 Å². The number of hydrogen-bond acceptors (Lipinski definition) is 3. The Labute approximate surface area is 186 Å². The maximum Gasteiger partial charge on any atom is 0.255 e. The van der Waals surface area contributed by atoms with Crippen LogP contribution in [-0.4, -0.2) is 34.4 Å². The summed E-state index contributed by atoms with van der Waals surface area (Å²) in [6, 6.07) is 20.9. The first-order valence-electron chi connectivity index (χ1n) is 10.2. The fourth-order valence-electron chi connectivity index (χ4n) is 3.94. The Kier molecular flexibility index (Phi) is 6.23. The molecule has 1 aliphatic heterocycles. The van der Waals surface area contributed by atoms with Crippen LogP contribution in [0.5, 0.6) is 5.75 Å². The lowest BCUT2D eigenvalue weighted by molar-refractivity contribution is -0.125. The van der Waals surface area contributed by atoms with E-state index in [4.69, 9.17) is 11.6 Å². The Bertz CT molecular complexity index is 1100. The van der Waals surface area contributed by atoms with Crippen molar-refractivity contribution in [1.82, 2.24) is 10.2 Å². The van der Waals surface area contributed by atoms with E-state index < -0.39 is 6.04 Å². The molecule has 158 valence electrons. The zero-order valence-electron chi connectivity index (χ0n) is 16.9. The molecule has 5 nitrogen and oxygen atoms in total. The second-order valence-electron chi connectivity index (χ2n) is 7.60. The van der Waals surface area contributed by atoms with Gasteiger partial charge in [-0.3, -0.25) is 9.59 Å². The van der Waals surface area contributed by atoms with Gasteiger partial charge in [0.2, 0.25) is 5.91 Å². The molecule has 1 heterocycles. The number of amides is 2. The van der Waals surface area contributed by atoms with E-state index in [1.807, 2.05) is 36.4 Å². The Balaban J connectivity index is 1.52. The zero-order chi connectivity index (χ0) is 21.8. The smallest absolute Gasteiger partial charge is 0.255 e. The highest BCUT2D eigenvalue weighted by atomic mass is 35.5. The van der Waals surface area contributed by atoms with Gasteiger partial charge in [-0.25, -0.2) is 0 Å². The van der Waals surface area contributed by atoms with E-state index in [0.717, 1.165) is 23.1 Å². The summed E-state index contributed by atoms with van der Waals surface area (Å²) in [5.41, 5.74) is 2.95. The molecule has 1 saturated heterocycles. The van der Waals surface area contributed by atoms with E-state index in [9.17, 15) is 14.7 Å². The lowest BCUT2D eigenvalue weighted by Gasteiger charge is -2.25. The van der Waals surface area contributed by atoms with Gasteiger partial charge in [0.25, 0.3) is 5.91 Å². The molecule has 1 aliphatic rings. The largest absolute Gasteiger partial charge is 0.508 e. The molecule has 3 aromatic rings. The van der Waals surface area contributed by atoms with E-state index in [-0.39, 0.29) is 17.6 Å². The average molecular weight is 435 g/mol. The summed E-state index contributed by atoms with van der Waals surface area (Å²) in [7, 11) is 0. The van der Waals surface area contributed by atoms with Crippen molar-refractivity contribution < 1.29 is 14.7 Å². The van der Waals surface area contributed by atoms with Crippen LogP contribution in [0.25, 0.3) is 11.1 Å². The summed E-state index contributed by atoms with van der Waals surface area (Å²) in [6.07, 6.45) is 1.41. The number of carbonyl (C=O) groups is 2. The number of halogens is 1. The number of nitrogens with zero attached hydrogens (tertiary/aromatic N) is 1. The van der Waals surface area contributed by atoms with E-state index in [1.54, 1.807) is 41.3 Å². The van der Waals surface area contributed by atoms with Gasteiger partial charge < -0.3 is 15.3 Å². The van der Waals surface area contributed by atoms with Crippen LogP contribution in [0.15, 0.2) is 72.8 Å². The van der Waals surface area contributed by atoms with Crippen molar-refractivity contribution >= 4 is 23.4 Å². The van der Waals surface area contributed by atoms with E-state index in [1.165, 1.54) is 0 Å². The molecule has 0 aliphatic carbocycles. The molecule has 1 atom stereocenters. The molecule has 2 amide bonds. The molecular formula is C25H23ClN2O3. The molecule has 0 aromatic heterocycles. The second kappa shape index (κ2) is 9.23. The summed E-state index contributed by atoms with van der Waals surface area (Å²) in [5.74, 6) is -0.195. The van der Waals surface area contributed by atoms with Crippen molar-refractivity contribution in [2.24, 2.45) is 0 Å². The standard InChI is InChI=1S/C25H23ClN2O3/c26-19-12-10-17(11-13-19)16-27-24(30)23-9-4-14-28(23)25(31)22-8-2-1-7-21(22)18-5-3-6-20(29)15-18/h1-3,5-8,10-13,15,23,29H,4,9,14,16H2,(H,27,30)/t23-/m0/s1. The Hall–Kier alpha value is -3.31. The first-order valence-corrected chi connectivity index (χ1v) is 10.6. The minimum atomic E-state index is -0.503. The molecule has 0 unspecified atom stereocenters. The van der Waals surface area contributed by atoms with Gasteiger partial charge in [-0.2, -0.15) is 0 Å². The monoisotopic (exact) mass is 434 g/mol. The van der Waals surface area contributed by atoms with Gasteiger partial charge in [0.1, 0.15) is 11.8 Å². The van der Waals surface area contributed by atoms with Gasteiger partial charge in [0.15, 0.2) is 0 Å². The maximum atomic E-state index is 13.4. The summed E-state index contributed by atoms with van der Waals surface area (Å²) in [6.45, 7) is 0.917. The van der Waals surface area contributed by atoms with Crippen molar-refractivity contribution in [3.05, 3.63) is 88.9 Å². The zero-order valence-corrected chi connectivity index (χ0v) is 17.7. The number of phenols is 1. The van der Waals surface area contributed by atoms with Crippen molar-refractivity contribution in [2.45, 2.75) is 25.4 Å². The molecule has 3 aromatic carbocycles. The van der Waals surface area contributed by atoms with Gasteiger partial charge >= 0.3 is 0 Å². The van der Waals surface area contributed by atoms with Crippen molar-refractivity contribution in [3.8, 4) is 16.9 Å². The number of aromatic hydroxyl groups is 1. The predicted molar refractivity (Wildman–Crippen MR) is 121 cm³/mol. The van der Waals surface area contributed by atoms with Gasteiger partial charge in [0.05, 0.1) is 0 Å². The number of hydrogen-bond donors (Lipinski definition) is 2. The highest BCUT2D eigenvalue weighted by molar-refractivity contribution is 6.30. The third kappa shape index (κ3) is 4.72. The van der Waals surface area contributed by atoms with Crippen LogP contribution in [0.1, 0.15) is 28.8 Å². The topological polar surface area (TPSA) is 69.6 Å². The third-order valence-corrected chi connectivity index (χ3v) is 5.76. The lowest BCUT2D eigenvalue weighted by atomic mass is 9.98.